The Morgan fingerprint density at radius 1 is 1.53 bits per heavy atom. The summed E-state index contributed by atoms with van der Waals surface area (Å²) in [6.45, 7) is 2.44. The molecule has 1 aromatic carbocycles. The highest BCUT2D eigenvalue weighted by molar-refractivity contribution is 7.80. The summed E-state index contributed by atoms with van der Waals surface area (Å²) in [6, 6.07) is 4.24. The van der Waals surface area contributed by atoms with Crippen molar-refractivity contribution in [1.82, 2.24) is 5.32 Å². The van der Waals surface area contributed by atoms with Crippen molar-refractivity contribution in [2.75, 3.05) is 13.2 Å². The first-order chi connectivity index (χ1) is 9.06. The van der Waals surface area contributed by atoms with Crippen molar-refractivity contribution >= 4 is 23.1 Å². The fourth-order valence-electron chi connectivity index (χ4n) is 1.46. The Kier molecular flexibility index (Phi) is 6.21. The summed E-state index contributed by atoms with van der Waals surface area (Å²) < 4.78 is 18.8. The van der Waals surface area contributed by atoms with Gasteiger partial charge < -0.3 is 15.8 Å². The number of unbranched alkanes of at least 4 members (excludes halogenated alkanes) is 1. The molecule has 0 unspecified atom stereocenters. The molecule has 0 saturated heterocycles. The standard InChI is InChI=1S/C13H17FN2O2S/c1-2-3-7-16-11(17)8-18-10-6-4-5-9(14)12(10)13(15)19/h4-6H,2-3,7-8H2,1H3,(H2,15,19)(H,16,17). The number of rotatable bonds is 7. The normalized spacial score (nSPS) is 10.0. The van der Waals surface area contributed by atoms with Crippen molar-refractivity contribution in [3.63, 3.8) is 0 Å². The molecule has 6 heteroatoms. The maximum Gasteiger partial charge on any atom is 0.257 e. The van der Waals surface area contributed by atoms with Crippen LogP contribution in [0.5, 0.6) is 5.75 Å². The molecule has 0 heterocycles. The second-order valence-corrected chi connectivity index (χ2v) is 4.41. The van der Waals surface area contributed by atoms with Gasteiger partial charge in [-0.05, 0) is 18.6 Å². The summed E-state index contributed by atoms with van der Waals surface area (Å²) in [7, 11) is 0. The van der Waals surface area contributed by atoms with Gasteiger partial charge in [-0.25, -0.2) is 4.39 Å². The Hall–Kier alpha value is -1.69. The molecule has 0 saturated carbocycles. The highest BCUT2D eigenvalue weighted by atomic mass is 32.1. The predicted molar refractivity (Wildman–Crippen MR) is 75.7 cm³/mol. The van der Waals surface area contributed by atoms with E-state index in [0.717, 1.165) is 12.8 Å². The molecule has 0 fully saturated rings. The molecule has 0 radical (unpaired) electrons. The molecule has 0 aromatic heterocycles. The van der Waals surface area contributed by atoms with E-state index >= 15 is 0 Å². The highest BCUT2D eigenvalue weighted by Gasteiger charge is 2.13. The highest BCUT2D eigenvalue weighted by Crippen LogP contribution is 2.21. The lowest BCUT2D eigenvalue weighted by atomic mass is 10.2. The lowest BCUT2D eigenvalue weighted by Crippen LogP contribution is -2.30. The van der Waals surface area contributed by atoms with Crippen molar-refractivity contribution < 1.29 is 13.9 Å². The maximum absolute atomic E-state index is 13.5. The number of hydrogen-bond donors (Lipinski definition) is 2. The first-order valence-electron chi connectivity index (χ1n) is 6.04. The van der Waals surface area contributed by atoms with Crippen LogP contribution in [0.2, 0.25) is 0 Å². The maximum atomic E-state index is 13.5. The number of nitrogens with one attached hydrogen (secondary N) is 1. The summed E-state index contributed by atoms with van der Waals surface area (Å²) in [5.74, 6) is -0.638. The van der Waals surface area contributed by atoms with Gasteiger partial charge in [-0.1, -0.05) is 31.6 Å². The molecule has 0 aliphatic heterocycles. The lowest BCUT2D eigenvalue weighted by molar-refractivity contribution is -0.123. The Labute approximate surface area is 117 Å². The van der Waals surface area contributed by atoms with Crippen LogP contribution in [-0.2, 0) is 4.79 Å². The summed E-state index contributed by atoms with van der Waals surface area (Å²) in [5.41, 5.74) is 5.46. The SMILES string of the molecule is CCCCNC(=O)COc1cccc(F)c1C(N)=S. The number of carbonyl (C=O) groups is 1. The van der Waals surface area contributed by atoms with Crippen LogP contribution in [0.25, 0.3) is 0 Å². The van der Waals surface area contributed by atoms with Gasteiger partial charge in [0.05, 0.1) is 5.56 Å². The molecule has 1 rings (SSSR count). The third-order valence-electron chi connectivity index (χ3n) is 2.43. The number of carbonyl (C=O) groups excluding carboxylic acids is 1. The van der Waals surface area contributed by atoms with Gasteiger partial charge in [0.1, 0.15) is 16.6 Å². The van der Waals surface area contributed by atoms with E-state index in [-0.39, 0.29) is 28.8 Å². The van der Waals surface area contributed by atoms with Crippen LogP contribution in [0.15, 0.2) is 18.2 Å². The number of thiocarbonyl (C=S) groups is 1. The Morgan fingerprint density at radius 2 is 2.26 bits per heavy atom. The molecule has 4 nitrogen and oxygen atoms in total. The van der Waals surface area contributed by atoms with E-state index in [0.29, 0.717) is 6.54 Å². The minimum absolute atomic E-state index is 0.0267. The fraction of sp³-hybridized carbons (Fsp3) is 0.385. The molecular weight excluding hydrogens is 267 g/mol. The summed E-state index contributed by atoms with van der Waals surface area (Å²) in [4.78, 5) is 11.4. The Morgan fingerprint density at radius 3 is 2.89 bits per heavy atom. The van der Waals surface area contributed by atoms with Gasteiger partial charge in [0, 0.05) is 6.54 Å². The average molecular weight is 284 g/mol. The van der Waals surface area contributed by atoms with Crippen molar-refractivity contribution in [1.29, 1.82) is 0 Å². The number of hydrogen-bond acceptors (Lipinski definition) is 3. The quantitative estimate of drug-likeness (QED) is 0.591. The zero-order chi connectivity index (χ0) is 14.3. The van der Waals surface area contributed by atoms with Gasteiger partial charge >= 0.3 is 0 Å². The lowest BCUT2D eigenvalue weighted by Gasteiger charge is -2.11. The van der Waals surface area contributed by atoms with E-state index < -0.39 is 5.82 Å². The minimum Gasteiger partial charge on any atom is -0.483 e. The predicted octanol–water partition coefficient (Wildman–Crippen LogP) is 1.76. The number of nitrogens with two attached hydrogens (primary N) is 1. The van der Waals surface area contributed by atoms with E-state index in [4.69, 9.17) is 22.7 Å². The van der Waals surface area contributed by atoms with Gasteiger partial charge in [-0.3, -0.25) is 4.79 Å². The molecule has 1 amide bonds. The zero-order valence-electron chi connectivity index (χ0n) is 10.7. The van der Waals surface area contributed by atoms with Crippen LogP contribution in [0.3, 0.4) is 0 Å². The van der Waals surface area contributed by atoms with Crippen LogP contribution in [0.1, 0.15) is 25.3 Å². The molecule has 0 aliphatic rings. The van der Waals surface area contributed by atoms with Gasteiger partial charge in [-0.2, -0.15) is 0 Å². The first-order valence-corrected chi connectivity index (χ1v) is 6.45. The first kappa shape index (κ1) is 15.4. The average Bonchev–Trinajstić information content (AvgIpc) is 2.36. The number of benzene rings is 1. The van der Waals surface area contributed by atoms with Crippen LogP contribution in [0.4, 0.5) is 4.39 Å². The zero-order valence-corrected chi connectivity index (χ0v) is 11.6. The van der Waals surface area contributed by atoms with Crippen molar-refractivity contribution in [2.24, 2.45) is 5.73 Å². The van der Waals surface area contributed by atoms with Crippen molar-refractivity contribution in [3.8, 4) is 5.75 Å². The fourth-order valence-corrected chi connectivity index (χ4v) is 1.66. The van der Waals surface area contributed by atoms with Crippen LogP contribution in [0, 0.1) is 5.82 Å². The van der Waals surface area contributed by atoms with Gasteiger partial charge in [-0.15, -0.1) is 0 Å². The topological polar surface area (TPSA) is 64.3 Å². The van der Waals surface area contributed by atoms with E-state index in [1.165, 1.54) is 18.2 Å². The number of ether oxygens (including phenoxy) is 1. The monoisotopic (exact) mass is 284 g/mol. The van der Waals surface area contributed by atoms with Crippen molar-refractivity contribution in [2.45, 2.75) is 19.8 Å². The Bertz CT molecular complexity index is 466. The van der Waals surface area contributed by atoms with Gasteiger partial charge in [0.15, 0.2) is 6.61 Å². The third-order valence-corrected chi connectivity index (χ3v) is 2.64. The number of amides is 1. The molecule has 1 aromatic rings. The van der Waals surface area contributed by atoms with Crippen LogP contribution < -0.4 is 15.8 Å². The largest absolute Gasteiger partial charge is 0.483 e. The molecule has 0 aliphatic carbocycles. The molecule has 3 N–H and O–H groups in total. The molecule has 0 bridgehead atoms. The second kappa shape index (κ2) is 7.68. The number of halogens is 1. The Balaban J connectivity index is 2.60. The second-order valence-electron chi connectivity index (χ2n) is 3.97. The van der Waals surface area contributed by atoms with E-state index in [1.54, 1.807) is 0 Å². The van der Waals surface area contributed by atoms with Gasteiger partial charge in [0.2, 0.25) is 0 Å². The smallest absolute Gasteiger partial charge is 0.257 e. The molecule has 19 heavy (non-hydrogen) atoms. The van der Waals surface area contributed by atoms with Crippen LogP contribution in [-0.4, -0.2) is 24.0 Å². The van der Waals surface area contributed by atoms with E-state index in [9.17, 15) is 9.18 Å². The van der Waals surface area contributed by atoms with E-state index in [2.05, 4.69) is 5.32 Å². The summed E-state index contributed by atoms with van der Waals surface area (Å²) in [6.07, 6.45) is 1.90. The molecule has 0 atom stereocenters. The summed E-state index contributed by atoms with van der Waals surface area (Å²) in [5, 5.41) is 2.70. The molecule has 0 spiro atoms. The van der Waals surface area contributed by atoms with Crippen LogP contribution >= 0.6 is 12.2 Å². The minimum atomic E-state index is -0.559. The third kappa shape index (κ3) is 4.82. The van der Waals surface area contributed by atoms with Crippen molar-refractivity contribution in [3.05, 3.63) is 29.6 Å². The molecule has 104 valence electrons. The summed E-state index contributed by atoms with van der Waals surface area (Å²) >= 11 is 4.76. The molecular formula is C13H17FN2O2S. The van der Waals surface area contributed by atoms with E-state index in [1.807, 2.05) is 6.92 Å². The van der Waals surface area contributed by atoms with Gasteiger partial charge in [0.25, 0.3) is 5.91 Å².